The molecule has 5 heteroatoms. The molecule has 44 heavy (non-hydrogen) atoms. The Morgan fingerprint density at radius 3 is 2.23 bits per heavy atom. The molecule has 0 aliphatic heterocycles. The summed E-state index contributed by atoms with van der Waals surface area (Å²) >= 11 is 0. The van der Waals surface area contributed by atoms with Crippen LogP contribution in [0.15, 0.2) is 95.4 Å². The Morgan fingerprint density at radius 2 is 1.43 bits per heavy atom. The number of rotatable bonds is 7. The van der Waals surface area contributed by atoms with Crippen LogP contribution in [0.2, 0.25) is 0 Å². The van der Waals surface area contributed by atoms with E-state index in [0.717, 1.165) is 28.5 Å². The fourth-order valence-corrected chi connectivity index (χ4v) is 6.43. The first-order valence-corrected chi connectivity index (χ1v) is 15.4. The number of hydrogen-bond donors (Lipinski definition) is 2. The van der Waals surface area contributed by atoms with Crippen molar-refractivity contribution in [2.75, 3.05) is 5.32 Å². The van der Waals surface area contributed by atoms with Gasteiger partial charge in [-0.1, -0.05) is 94.4 Å². The minimum absolute atomic E-state index is 0.121. The molecule has 2 amide bonds. The first-order chi connectivity index (χ1) is 21.0. The standard InChI is InChI=1S/C39H40N2O3/c1-25-21-32-33(39(4,5)20-19-38(32,2)3)23-28(25)22-29-17-18-35(44-29)37(43)41-34-16-9-8-15-31(34)36(42)40-24-27-13-10-12-26-11-6-7-14-30(26)27/h6-18,21,23H,19-20,22,24H2,1-5H3,(H,40,42)(H,41,43). The molecule has 0 radical (unpaired) electrons. The summed E-state index contributed by atoms with van der Waals surface area (Å²) in [4.78, 5) is 26.5. The Kier molecular flexibility index (Phi) is 7.66. The van der Waals surface area contributed by atoms with E-state index in [1.807, 2.05) is 30.3 Å². The molecule has 0 fully saturated rings. The highest BCUT2D eigenvalue weighted by molar-refractivity contribution is 6.08. The molecule has 2 N–H and O–H groups in total. The van der Waals surface area contributed by atoms with Crippen LogP contribution in [-0.2, 0) is 23.8 Å². The molecule has 0 saturated carbocycles. The van der Waals surface area contributed by atoms with Crippen molar-refractivity contribution in [3.63, 3.8) is 0 Å². The van der Waals surface area contributed by atoms with Gasteiger partial charge in [0.25, 0.3) is 11.8 Å². The quantitative estimate of drug-likeness (QED) is 0.201. The van der Waals surface area contributed by atoms with E-state index >= 15 is 0 Å². The molecule has 5 aromatic rings. The van der Waals surface area contributed by atoms with Crippen molar-refractivity contribution >= 4 is 28.3 Å². The number of anilines is 1. The van der Waals surface area contributed by atoms with Gasteiger partial charge in [-0.15, -0.1) is 0 Å². The Hall–Kier alpha value is -4.64. The number of hydrogen-bond acceptors (Lipinski definition) is 3. The Labute approximate surface area is 259 Å². The molecule has 6 rings (SSSR count). The van der Waals surface area contributed by atoms with E-state index in [-0.39, 0.29) is 22.5 Å². The number of furan rings is 1. The van der Waals surface area contributed by atoms with Gasteiger partial charge in [0.1, 0.15) is 5.76 Å². The molecule has 0 spiro atoms. The number of carbonyl (C=O) groups is 2. The van der Waals surface area contributed by atoms with E-state index in [1.54, 1.807) is 30.3 Å². The zero-order chi connectivity index (χ0) is 31.1. The first kappa shape index (κ1) is 29.4. The monoisotopic (exact) mass is 584 g/mol. The summed E-state index contributed by atoms with van der Waals surface area (Å²) < 4.78 is 6.05. The van der Waals surface area contributed by atoms with Crippen molar-refractivity contribution in [3.05, 3.63) is 136 Å². The third-order valence-electron chi connectivity index (χ3n) is 9.30. The van der Waals surface area contributed by atoms with E-state index < -0.39 is 5.91 Å². The number of nitrogens with one attached hydrogen (secondary N) is 2. The molecule has 0 unspecified atom stereocenters. The number of aryl methyl sites for hydroxylation is 1. The largest absolute Gasteiger partial charge is 0.456 e. The van der Waals surface area contributed by atoms with E-state index in [9.17, 15) is 9.59 Å². The highest BCUT2D eigenvalue weighted by Crippen LogP contribution is 2.46. The molecule has 1 aromatic heterocycles. The summed E-state index contributed by atoms with van der Waals surface area (Å²) in [7, 11) is 0. The van der Waals surface area contributed by atoms with Crippen LogP contribution in [0.1, 0.15) is 95.0 Å². The van der Waals surface area contributed by atoms with Gasteiger partial charge in [-0.25, -0.2) is 0 Å². The average molecular weight is 585 g/mol. The Bertz CT molecular complexity index is 1870. The summed E-state index contributed by atoms with van der Waals surface area (Å²) in [5, 5.41) is 8.13. The maximum absolute atomic E-state index is 13.3. The third kappa shape index (κ3) is 5.79. The summed E-state index contributed by atoms with van der Waals surface area (Å²) in [6.45, 7) is 11.9. The van der Waals surface area contributed by atoms with Gasteiger partial charge in [0, 0.05) is 13.0 Å². The van der Waals surface area contributed by atoms with Crippen molar-refractivity contribution in [1.29, 1.82) is 0 Å². The molecular weight excluding hydrogens is 544 g/mol. The van der Waals surface area contributed by atoms with Crippen LogP contribution in [0.4, 0.5) is 5.69 Å². The van der Waals surface area contributed by atoms with Crippen molar-refractivity contribution in [3.8, 4) is 0 Å². The van der Waals surface area contributed by atoms with Gasteiger partial charge < -0.3 is 15.1 Å². The Morgan fingerprint density at radius 1 is 0.750 bits per heavy atom. The fourth-order valence-electron chi connectivity index (χ4n) is 6.43. The summed E-state index contributed by atoms with van der Waals surface area (Å²) in [6.07, 6.45) is 2.94. The second kappa shape index (κ2) is 11.5. The minimum Gasteiger partial charge on any atom is -0.456 e. The molecule has 4 aromatic carbocycles. The number of fused-ring (bicyclic) bond motifs is 2. The molecule has 0 saturated heterocycles. The van der Waals surface area contributed by atoms with Gasteiger partial charge in [-0.3, -0.25) is 9.59 Å². The number of benzene rings is 4. The van der Waals surface area contributed by atoms with E-state index in [2.05, 4.69) is 75.6 Å². The second-order valence-electron chi connectivity index (χ2n) is 13.4. The second-order valence-corrected chi connectivity index (χ2v) is 13.4. The third-order valence-corrected chi connectivity index (χ3v) is 9.30. The highest BCUT2D eigenvalue weighted by Gasteiger charge is 2.37. The topological polar surface area (TPSA) is 71.3 Å². The maximum atomic E-state index is 13.3. The van der Waals surface area contributed by atoms with Crippen LogP contribution in [-0.4, -0.2) is 11.8 Å². The summed E-state index contributed by atoms with van der Waals surface area (Å²) in [6, 6.07) is 29.5. The van der Waals surface area contributed by atoms with Crippen LogP contribution >= 0.6 is 0 Å². The number of carbonyl (C=O) groups excluding carboxylic acids is 2. The predicted octanol–water partition coefficient (Wildman–Crippen LogP) is 8.86. The van der Waals surface area contributed by atoms with E-state index in [4.69, 9.17) is 4.42 Å². The Balaban J connectivity index is 1.16. The molecule has 224 valence electrons. The van der Waals surface area contributed by atoms with Gasteiger partial charge in [0.05, 0.1) is 11.3 Å². The zero-order valence-electron chi connectivity index (χ0n) is 26.2. The van der Waals surface area contributed by atoms with Crippen LogP contribution < -0.4 is 10.6 Å². The number of para-hydroxylation sites is 1. The van der Waals surface area contributed by atoms with Gasteiger partial charge in [-0.05, 0) is 93.5 Å². The van der Waals surface area contributed by atoms with Crippen molar-refractivity contribution in [2.45, 2.75) is 71.3 Å². The molecule has 1 heterocycles. The number of amides is 2. The van der Waals surface area contributed by atoms with Crippen molar-refractivity contribution < 1.29 is 14.0 Å². The van der Waals surface area contributed by atoms with E-state index in [1.165, 1.54) is 28.7 Å². The smallest absolute Gasteiger partial charge is 0.291 e. The fraction of sp³-hybridized carbons (Fsp3) is 0.282. The first-order valence-electron chi connectivity index (χ1n) is 15.4. The summed E-state index contributed by atoms with van der Waals surface area (Å²) in [5.74, 6) is 0.286. The van der Waals surface area contributed by atoms with Crippen molar-refractivity contribution in [1.82, 2.24) is 5.32 Å². The van der Waals surface area contributed by atoms with Gasteiger partial charge >= 0.3 is 0 Å². The van der Waals surface area contributed by atoms with Gasteiger partial charge in [-0.2, -0.15) is 0 Å². The molecule has 5 nitrogen and oxygen atoms in total. The normalized spacial score (nSPS) is 15.0. The minimum atomic E-state index is -0.393. The molecular formula is C39H40N2O3. The molecule has 1 aliphatic rings. The molecule has 0 bridgehead atoms. The van der Waals surface area contributed by atoms with Crippen LogP contribution in [0.5, 0.6) is 0 Å². The lowest BCUT2D eigenvalue weighted by molar-refractivity contribution is 0.0952. The lowest BCUT2D eigenvalue weighted by atomic mass is 9.62. The summed E-state index contributed by atoms with van der Waals surface area (Å²) in [5.41, 5.74) is 7.43. The van der Waals surface area contributed by atoms with Gasteiger partial charge in [0.15, 0.2) is 5.76 Å². The highest BCUT2D eigenvalue weighted by atomic mass is 16.3. The van der Waals surface area contributed by atoms with Crippen LogP contribution in [0.25, 0.3) is 10.8 Å². The molecule has 1 aliphatic carbocycles. The SMILES string of the molecule is Cc1cc2c(cc1Cc1ccc(C(=O)Nc3ccccc3C(=O)NCc3cccc4ccccc34)o1)C(C)(C)CCC2(C)C. The van der Waals surface area contributed by atoms with E-state index in [0.29, 0.717) is 24.2 Å². The van der Waals surface area contributed by atoms with Crippen LogP contribution in [0.3, 0.4) is 0 Å². The van der Waals surface area contributed by atoms with Crippen LogP contribution in [0, 0.1) is 6.92 Å². The van der Waals surface area contributed by atoms with Gasteiger partial charge in [0.2, 0.25) is 0 Å². The zero-order valence-corrected chi connectivity index (χ0v) is 26.2. The van der Waals surface area contributed by atoms with Crippen molar-refractivity contribution in [2.24, 2.45) is 0 Å². The lowest BCUT2D eigenvalue weighted by Crippen LogP contribution is -2.34. The predicted molar refractivity (Wildman–Crippen MR) is 177 cm³/mol. The molecule has 0 atom stereocenters. The maximum Gasteiger partial charge on any atom is 0.291 e. The average Bonchev–Trinajstić information content (AvgIpc) is 3.48. The lowest BCUT2D eigenvalue weighted by Gasteiger charge is -2.42.